The monoisotopic (exact) mass is 344 g/mol. The van der Waals surface area contributed by atoms with Gasteiger partial charge in [-0.05, 0) is 30.7 Å². The number of hydrogen-bond donors (Lipinski definition) is 2. The molecule has 1 aromatic heterocycles. The minimum absolute atomic E-state index is 0.0558. The van der Waals surface area contributed by atoms with Crippen molar-refractivity contribution in [3.63, 3.8) is 0 Å². The summed E-state index contributed by atoms with van der Waals surface area (Å²) in [5.74, 6) is -0.596. The van der Waals surface area contributed by atoms with Crippen LogP contribution in [0.25, 0.3) is 11.0 Å². The number of esters is 1. The molecule has 0 saturated carbocycles. The van der Waals surface area contributed by atoms with E-state index in [1.165, 1.54) is 0 Å². The molecule has 1 heterocycles. The van der Waals surface area contributed by atoms with Crippen molar-refractivity contribution in [1.29, 1.82) is 0 Å². The molecule has 2 aromatic carbocycles. The summed E-state index contributed by atoms with van der Waals surface area (Å²) in [6.07, 6.45) is 0.0558. The summed E-state index contributed by atoms with van der Waals surface area (Å²) in [5, 5.41) is 11.6. The fourth-order valence-corrected chi connectivity index (χ4v) is 2.74. The van der Waals surface area contributed by atoms with Crippen molar-refractivity contribution in [2.75, 3.05) is 6.61 Å². The largest absolute Gasteiger partial charge is 0.463 e. The first-order valence-electron chi connectivity index (χ1n) is 7.62. The standard InChI is InChI=1S/C18H17ClN2O3/c1-2-24-17(22)18(23,11-12-6-4-3-5-7-12)16-20-14-9-8-13(19)10-15(14)21-16/h3-10,23H,2,11H2,1H3,(H,20,21). The topological polar surface area (TPSA) is 75.2 Å². The molecule has 0 radical (unpaired) electrons. The molecule has 0 spiro atoms. The summed E-state index contributed by atoms with van der Waals surface area (Å²) in [5.41, 5.74) is 0.160. The van der Waals surface area contributed by atoms with Crippen LogP contribution in [0.3, 0.4) is 0 Å². The van der Waals surface area contributed by atoms with Crippen LogP contribution in [0.5, 0.6) is 0 Å². The van der Waals surface area contributed by atoms with Crippen LogP contribution in [-0.4, -0.2) is 27.7 Å². The third kappa shape index (κ3) is 3.13. The molecule has 3 aromatic rings. The first kappa shape index (κ1) is 16.5. The predicted molar refractivity (Wildman–Crippen MR) is 91.8 cm³/mol. The highest BCUT2D eigenvalue weighted by Crippen LogP contribution is 2.28. The first-order chi connectivity index (χ1) is 11.5. The number of carbonyl (C=O) groups is 1. The molecule has 1 unspecified atom stereocenters. The second-order valence-corrected chi connectivity index (χ2v) is 5.93. The number of nitrogens with zero attached hydrogens (tertiary/aromatic N) is 1. The van der Waals surface area contributed by atoms with Gasteiger partial charge in [0.25, 0.3) is 0 Å². The molecule has 0 aliphatic rings. The van der Waals surface area contributed by atoms with Gasteiger partial charge in [0.15, 0.2) is 5.82 Å². The van der Waals surface area contributed by atoms with Crippen LogP contribution < -0.4 is 0 Å². The zero-order chi connectivity index (χ0) is 17.2. The van der Waals surface area contributed by atoms with Crippen molar-refractivity contribution in [2.24, 2.45) is 0 Å². The maximum absolute atomic E-state index is 12.5. The highest BCUT2D eigenvalue weighted by molar-refractivity contribution is 6.31. The van der Waals surface area contributed by atoms with Crippen molar-refractivity contribution >= 4 is 28.6 Å². The highest BCUT2D eigenvalue weighted by atomic mass is 35.5. The number of hydrogen-bond acceptors (Lipinski definition) is 4. The van der Waals surface area contributed by atoms with Gasteiger partial charge in [0.1, 0.15) is 0 Å². The van der Waals surface area contributed by atoms with Crippen molar-refractivity contribution in [3.8, 4) is 0 Å². The number of aromatic amines is 1. The van der Waals surface area contributed by atoms with Crippen LogP contribution in [0.2, 0.25) is 5.02 Å². The second-order valence-electron chi connectivity index (χ2n) is 5.49. The summed E-state index contributed by atoms with van der Waals surface area (Å²) in [4.78, 5) is 19.8. The van der Waals surface area contributed by atoms with Gasteiger partial charge < -0.3 is 14.8 Å². The van der Waals surface area contributed by atoms with Crippen LogP contribution in [0.15, 0.2) is 48.5 Å². The van der Waals surface area contributed by atoms with Gasteiger partial charge in [-0.15, -0.1) is 0 Å². The molecule has 6 heteroatoms. The van der Waals surface area contributed by atoms with E-state index in [4.69, 9.17) is 16.3 Å². The van der Waals surface area contributed by atoms with Crippen molar-refractivity contribution in [1.82, 2.24) is 9.97 Å². The maximum atomic E-state index is 12.5. The van der Waals surface area contributed by atoms with E-state index in [0.717, 1.165) is 5.56 Å². The Labute approximate surface area is 144 Å². The van der Waals surface area contributed by atoms with E-state index in [9.17, 15) is 9.90 Å². The highest BCUT2D eigenvalue weighted by Gasteiger charge is 2.42. The van der Waals surface area contributed by atoms with Gasteiger partial charge in [0, 0.05) is 11.4 Å². The summed E-state index contributed by atoms with van der Waals surface area (Å²) < 4.78 is 5.08. The average molecular weight is 345 g/mol. The van der Waals surface area contributed by atoms with Gasteiger partial charge in [-0.3, -0.25) is 0 Å². The molecule has 5 nitrogen and oxygen atoms in total. The van der Waals surface area contributed by atoms with Crippen LogP contribution in [0.1, 0.15) is 18.3 Å². The number of rotatable bonds is 5. The minimum atomic E-state index is -1.90. The Balaban J connectivity index is 2.06. The van der Waals surface area contributed by atoms with E-state index < -0.39 is 11.6 Å². The van der Waals surface area contributed by atoms with Crippen molar-refractivity contribution in [2.45, 2.75) is 18.9 Å². The van der Waals surface area contributed by atoms with Crippen molar-refractivity contribution in [3.05, 3.63) is 64.9 Å². The molecular weight excluding hydrogens is 328 g/mol. The van der Waals surface area contributed by atoms with Crippen LogP contribution in [-0.2, 0) is 21.6 Å². The zero-order valence-corrected chi connectivity index (χ0v) is 13.9. The van der Waals surface area contributed by atoms with Gasteiger partial charge in [0.05, 0.1) is 17.6 Å². The number of ether oxygens (including phenoxy) is 1. The van der Waals surface area contributed by atoms with Crippen LogP contribution >= 0.6 is 11.6 Å². The molecule has 0 bridgehead atoms. The van der Waals surface area contributed by atoms with E-state index in [2.05, 4.69) is 9.97 Å². The number of aromatic nitrogens is 2. The summed E-state index contributed by atoms with van der Waals surface area (Å²) in [6, 6.07) is 14.4. The van der Waals surface area contributed by atoms with Gasteiger partial charge in [-0.2, -0.15) is 0 Å². The molecule has 3 rings (SSSR count). The number of benzene rings is 2. The molecule has 0 aliphatic carbocycles. The molecule has 24 heavy (non-hydrogen) atoms. The predicted octanol–water partition coefficient (Wildman–Crippen LogP) is 3.21. The molecule has 124 valence electrons. The van der Waals surface area contributed by atoms with Crippen molar-refractivity contribution < 1.29 is 14.6 Å². The Bertz CT molecular complexity index is 863. The smallest absolute Gasteiger partial charge is 0.346 e. The number of nitrogens with one attached hydrogen (secondary N) is 1. The lowest BCUT2D eigenvalue weighted by Crippen LogP contribution is -2.40. The third-order valence-corrected chi connectivity index (χ3v) is 3.99. The van der Waals surface area contributed by atoms with Crippen LogP contribution in [0.4, 0.5) is 0 Å². The number of halogens is 1. The lowest BCUT2D eigenvalue weighted by atomic mass is 9.93. The zero-order valence-electron chi connectivity index (χ0n) is 13.1. The normalized spacial score (nSPS) is 13.6. The molecule has 0 amide bonds. The summed E-state index contributed by atoms with van der Waals surface area (Å²) in [6.45, 7) is 1.86. The lowest BCUT2D eigenvalue weighted by molar-refractivity contribution is -0.167. The Morgan fingerprint density at radius 2 is 2.04 bits per heavy atom. The number of fused-ring (bicyclic) bond motifs is 1. The molecule has 0 fully saturated rings. The van der Waals surface area contributed by atoms with E-state index in [-0.39, 0.29) is 18.9 Å². The van der Waals surface area contributed by atoms with Crippen LogP contribution in [0, 0.1) is 0 Å². The van der Waals surface area contributed by atoms with E-state index >= 15 is 0 Å². The first-order valence-corrected chi connectivity index (χ1v) is 8.00. The Hall–Kier alpha value is -2.37. The van der Waals surface area contributed by atoms with Gasteiger partial charge in [-0.1, -0.05) is 41.9 Å². The fourth-order valence-electron chi connectivity index (χ4n) is 2.57. The molecule has 0 aliphatic heterocycles. The lowest BCUT2D eigenvalue weighted by Gasteiger charge is -2.23. The molecule has 0 saturated heterocycles. The van der Waals surface area contributed by atoms with Gasteiger partial charge in [-0.25, -0.2) is 9.78 Å². The SMILES string of the molecule is CCOC(=O)C(O)(Cc1ccccc1)c1nc2ccc(Cl)cc2[nH]1. The fraction of sp³-hybridized carbons (Fsp3) is 0.222. The average Bonchev–Trinajstić information content (AvgIpc) is 2.99. The summed E-state index contributed by atoms with van der Waals surface area (Å²) >= 11 is 5.98. The number of carbonyl (C=O) groups excluding carboxylic acids is 1. The number of aliphatic hydroxyl groups is 1. The molecule has 1 atom stereocenters. The van der Waals surface area contributed by atoms with E-state index in [1.54, 1.807) is 25.1 Å². The Morgan fingerprint density at radius 1 is 1.29 bits per heavy atom. The Morgan fingerprint density at radius 3 is 2.75 bits per heavy atom. The number of H-pyrrole nitrogens is 1. The minimum Gasteiger partial charge on any atom is -0.463 e. The second kappa shape index (κ2) is 6.63. The van der Waals surface area contributed by atoms with E-state index in [0.29, 0.717) is 16.1 Å². The van der Waals surface area contributed by atoms with Gasteiger partial charge >= 0.3 is 5.97 Å². The third-order valence-electron chi connectivity index (χ3n) is 3.75. The Kier molecular flexibility index (Phi) is 4.55. The molecular formula is C18H17ClN2O3. The maximum Gasteiger partial charge on any atom is 0.346 e. The quantitative estimate of drug-likeness (QED) is 0.697. The number of imidazole rings is 1. The molecule has 2 N–H and O–H groups in total. The van der Waals surface area contributed by atoms with Gasteiger partial charge in [0.2, 0.25) is 5.60 Å². The summed E-state index contributed by atoms with van der Waals surface area (Å²) in [7, 11) is 0. The van der Waals surface area contributed by atoms with E-state index in [1.807, 2.05) is 30.3 Å².